The van der Waals surface area contributed by atoms with Crippen LogP contribution < -0.4 is 17.4 Å². The first kappa shape index (κ1) is 16.8. The van der Waals surface area contributed by atoms with Crippen LogP contribution in [-0.2, 0) is 10.4 Å². The van der Waals surface area contributed by atoms with Crippen molar-refractivity contribution in [3.8, 4) is 0 Å². The molecule has 3 aromatic carbocycles. The molecule has 122 valence electrons. The van der Waals surface area contributed by atoms with E-state index in [0.29, 0.717) is 11.4 Å². The number of halogens is 1. The van der Waals surface area contributed by atoms with Crippen LogP contribution in [0.2, 0.25) is 0 Å². The zero-order valence-electron chi connectivity index (χ0n) is 12.9. The first-order valence-corrected chi connectivity index (χ1v) is 8.52. The third-order valence-corrected chi connectivity index (χ3v) is 5.09. The first-order valence-electron chi connectivity index (χ1n) is 7.44. The van der Waals surface area contributed by atoms with Crippen LogP contribution in [0.1, 0.15) is 16.7 Å². The molecule has 3 rings (SSSR count). The highest BCUT2D eigenvalue weighted by atomic mass is 127. The Hall–Kier alpha value is -2.09. The lowest BCUT2D eigenvalue weighted by atomic mass is 9.79. The molecule has 0 saturated heterocycles. The van der Waals surface area contributed by atoms with Crippen LogP contribution in [0.4, 0.5) is 11.4 Å². The normalized spacial score (nSPS) is 11.4. The highest BCUT2D eigenvalue weighted by Crippen LogP contribution is 2.43. The molecule has 0 unspecified atom stereocenters. The van der Waals surface area contributed by atoms with E-state index in [4.69, 9.17) is 22.2 Å². The van der Waals surface area contributed by atoms with Crippen molar-refractivity contribution in [2.24, 2.45) is 5.90 Å². The van der Waals surface area contributed by atoms with E-state index in [0.717, 1.165) is 20.3 Å². The molecule has 0 aliphatic rings. The largest absolute Gasteiger partial charge is 0.397 e. The van der Waals surface area contributed by atoms with Crippen LogP contribution in [0.25, 0.3) is 0 Å². The summed E-state index contributed by atoms with van der Waals surface area (Å²) in [6, 6.07) is 23.4. The van der Waals surface area contributed by atoms with E-state index < -0.39 is 5.60 Å². The fraction of sp³-hybridized carbons (Fsp3) is 0.0526. The summed E-state index contributed by atoms with van der Waals surface area (Å²) < 4.78 is 0.890. The van der Waals surface area contributed by atoms with Crippen LogP contribution in [0.3, 0.4) is 0 Å². The van der Waals surface area contributed by atoms with Crippen molar-refractivity contribution in [3.05, 3.63) is 93.1 Å². The molecule has 0 aromatic heterocycles. The highest BCUT2D eigenvalue weighted by molar-refractivity contribution is 14.1. The maximum Gasteiger partial charge on any atom is 0.166 e. The van der Waals surface area contributed by atoms with Crippen LogP contribution in [-0.4, -0.2) is 0 Å². The Kier molecular flexibility index (Phi) is 4.75. The number of rotatable bonds is 4. The van der Waals surface area contributed by atoms with Gasteiger partial charge in [0.15, 0.2) is 5.60 Å². The van der Waals surface area contributed by atoms with Crippen molar-refractivity contribution in [2.75, 3.05) is 11.5 Å². The lowest BCUT2D eigenvalue weighted by molar-refractivity contribution is 0.0123. The van der Waals surface area contributed by atoms with Gasteiger partial charge in [-0.2, -0.15) is 0 Å². The number of benzene rings is 3. The molecular formula is C19H18IN3O. The summed E-state index contributed by atoms with van der Waals surface area (Å²) in [4.78, 5) is 5.63. The quantitative estimate of drug-likeness (QED) is 0.255. The van der Waals surface area contributed by atoms with Crippen molar-refractivity contribution in [2.45, 2.75) is 5.60 Å². The van der Waals surface area contributed by atoms with Crippen LogP contribution >= 0.6 is 22.6 Å². The molecule has 0 amide bonds. The van der Waals surface area contributed by atoms with Gasteiger partial charge >= 0.3 is 0 Å². The maximum atomic E-state index is 6.35. The van der Waals surface area contributed by atoms with E-state index >= 15 is 0 Å². The minimum atomic E-state index is -1.04. The molecule has 0 heterocycles. The Bertz CT molecular complexity index is 798. The predicted octanol–water partition coefficient (Wildman–Crippen LogP) is 3.64. The van der Waals surface area contributed by atoms with Crippen LogP contribution in [0.15, 0.2) is 72.8 Å². The summed E-state index contributed by atoms with van der Waals surface area (Å²) >= 11 is 2.16. The van der Waals surface area contributed by atoms with Gasteiger partial charge in [-0.15, -0.1) is 0 Å². The van der Waals surface area contributed by atoms with Gasteiger partial charge in [-0.3, -0.25) is 4.84 Å². The van der Waals surface area contributed by atoms with E-state index in [1.165, 1.54) is 0 Å². The van der Waals surface area contributed by atoms with Crippen molar-refractivity contribution in [3.63, 3.8) is 0 Å². The summed E-state index contributed by atoms with van der Waals surface area (Å²) in [6.45, 7) is 0. The minimum absolute atomic E-state index is 0.472. The van der Waals surface area contributed by atoms with Crippen LogP contribution in [0.5, 0.6) is 0 Å². The Labute approximate surface area is 154 Å². The Morgan fingerprint density at radius 3 is 1.67 bits per heavy atom. The number of hydrogen-bond acceptors (Lipinski definition) is 4. The summed E-state index contributed by atoms with van der Waals surface area (Å²) in [5.41, 5.74) is 15.0. The van der Waals surface area contributed by atoms with E-state index in [1.54, 1.807) is 0 Å². The third kappa shape index (κ3) is 2.64. The van der Waals surface area contributed by atoms with Crippen molar-refractivity contribution in [1.82, 2.24) is 0 Å². The molecule has 0 saturated carbocycles. The molecule has 24 heavy (non-hydrogen) atoms. The maximum absolute atomic E-state index is 6.35. The van der Waals surface area contributed by atoms with Gasteiger partial charge in [0.25, 0.3) is 0 Å². The standard InChI is InChI=1S/C19H18IN3O/c20-16-12-11-15(17(21)18(16)22)19(24-23,13-7-3-1-4-8-13)14-9-5-2-6-10-14/h1-12H,21-23H2. The molecule has 6 N–H and O–H groups in total. The minimum Gasteiger partial charge on any atom is -0.397 e. The van der Waals surface area contributed by atoms with Gasteiger partial charge in [-0.05, 0) is 39.8 Å². The molecule has 0 spiro atoms. The number of nitrogens with two attached hydrogens (primary N) is 3. The fourth-order valence-corrected chi connectivity index (χ4v) is 3.41. The van der Waals surface area contributed by atoms with E-state index in [-0.39, 0.29) is 0 Å². The molecule has 4 nitrogen and oxygen atoms in total. The van der Waals surface area contributed by atoms with Crippen molar-refractivity contribution < 1.29 is 4.84 Å². The van der Waals surface area contributed by atoms with Crippen molar-refractivity contribution in [1.29, 1.82) is 0 Å². The van der Waals surface area contributed by atoms with E-state index in [9.17, 15) is 0 Å². The van der Waals surface area contributed by atoms with Gasteiger partial charge in [0.05, 0.1) is 11.4 Å². The summed E-state index contributed by atoms with van der Waals surface area (Å²) in [7, 11) is 0. The number of anilines is 2. The summed E-state index contributed by atoms with van der Waals surface area (Å²) in [6.07, 6.45) is 0. The lowest BCUT2D eigenvalue weighted by Crippen LogP contribution is -2.36. The topological polar surface area (TPSA) is 87.3 Å². The molecule has 0 aliphatic carbocycles. The van der Waals surface area contributed by atoms with Gasteiger partial charge in [0.2, 0.25) is 0 Å². The fourth-order valence-electron chi connectivity index (χ4n) is 2.94. The van der Waals surface area contributed by atoms with Gasteiger partial charge < -0.3 is 11.5 Å². The zero-order chi connectivity index (χ0) is 17.2. The summed E-state index contributed by atoms with van der Waals surface area (Å²) in [5.74, 6) is 5.86. The average molecular weight is 431 g/mol. The molecular weight excluding hydrogens is 413 g/mol. The Balaban J connectivity index is 2.37. The van der Waals surface area contributed by atoms with Crippen LogP contribution in [0, 0.1) is 3.57 Å². The lowest BCUT2D eigenvalue weighted by Gasteiger charge is -2.34. The van der Waals surface area contributed by atoms with E-state index in [1.807, 2.05) is 72.8 Å². The molecule has 3 aromatic rings. The Morgan fingerprint density at radius 2 is 1.21 bits per heavy atom. The van der Waals surface area contributed by atoms with Crippen molar-refractivity contribution >= 4 is 34.0 Å². The molecule has 0 aliphatic heterocycles. The second-order valence-corrected chi connectivity index (χ2v) is 6.62. The second-order valence-electron chi connectivity index (χ2n) is 5.45. The molecule has 0 bridgehead atoms. The second kappa shape index (κ2) is 6.80. The molecule has 0 radical (unpaired) electrons. The van der Waals surface area contributed by atoms with Gasteiger partial charge in [0.1, 0.15) is 0 Å². The van der Waals surface area contributed by atoms with Gasteiger partial charge in [-0.1, -0.05) is 66.7 Å². The summed E-state index contributed by atoms with van der Waals surface area (Å²) in [5, 5.41) is 0. The predicted molar refractivity (Wildman–Crippen MR) is 106 cm³/mol. The van der Waals surface area contributed by atoms with Gasteiger partial charge in [-0.25, -0.2) is 5.90 Å². The molecule has 5 heteroatoms. The Morgan fingerprint density at radius 1 is 0.708 bits per heavy atom. The number of hydrogen-bond donors (Lipinski definition) is 3. The molecule has 0 fully saturated rings. The van der Waals surface area contributed by atoms with E-state index in [2.05, 4.69) is 22.6 Å². The number of nitrogen functional groups attached to an aromatic ring is 2. The average Bonchev–Trinajstić information content (AvgIpc) is 2.64. The third-order valence-electron chi connectivity index (χ3n) is 4.15. The first-order chi connectivity index (χ1) is 11.6. The SMILES string of the molecule is NOC(c1ccccc1)(c1ccccc1)c1ccc(I)c(N)c1N. The monoisotopic (exact) mass is 431 g/mol. The zero-order valence-corrected chi connectivity index (χ0v) is 15.1. The molecule has 0 atom stereocenters. The van der Waals surface area contributed by atoms with Gasteiger partial charge in [0, 0.05) is 9.13 Å². The smallest absolute Gasteiger partial charge is 0.166 e. The highest BCUT2D eigenvalue weighted by Gasteiger charge is 2.39.